The molecule has 0 spiro atoms. The molecule has 5 rings (SSSR count). The van der Waals surface area contributed by atoms with Crippen molar-refractivity contribution in [3.63, 3.8) is 0 Å². The van der Waals surface area contributed by atoms with E-state index in [-0.39, 0.29) is 41.3 Å². The lowest BCUT2D eigenvalue weighted by atomic mass is 10.1. The molecule has 1 aliphatic heterocycles. The van der Waals surface area contributed by atoms with Crippen LogP contribution in [0.2, 0.25) is 0 Å². The average molecular weight is 501 g/mol. The predicted octanol–water partition coefficient (Wildman–Crippen LogP) is 3.36. The number of fused-ring (bicyclic) bond motifs is 2. The minimum atomic E-state index is -0.671. The molecule has 0 unspecified atom stereocenters. The molecule has 1 aromatic carbocycles. The SMILES string of the molecule is CCOC(=O)c1cc2c(=O)n3cccc(C)c3nc2n(C[C@@H]2CCCO2)c1=NC(=O)c1ccccc1C. The van der Waals surface area contributed by atoms with Gasteiger partial charge < -0.3 is 14.0 Å². The molecular formula is C28H28N4O5. The first-order valence-corrected chi connectivity index (χ1v) is 12.4. The van der Waals surface area contributed by atoms with Gasteiger partial charge in [-0.2, -0.15) is 4.99 Å². The number of hydrogen-bond donors (Lipinski definition) is 0. The highest BCUT2D eigenvalue weighted by atomic mass is 16.5. The Bertz CT molecular complexity index is 1660. The van der Waals surface area contributed by atoms with Crippen LogP contribution in [0.4, 0.5) is 0 Å². The average Bonchev–Trinajstić information content (AvgIpc) is 3.40. The Hall–Kier alpha value is -4.11. The fourth-order valence-corrected chi connectivity index (χ4v) is 4.70. The number of hydrogen-bond acceptors (Lipinski definition) is 6. The van der Waals surface area contributed by atoms with E-state index in [1.165, 1.54) is 10.5 Å². The maximum atomic E-state index is 13.6. The van der Waals surface area contributed by atoms with E-state index in [9.17, 15) is 14.4 Å². The Kier molecular flexibility index (Phi) is 6.71. The number of aromatic nitrogens is 3. The number of aryl methyl sites for hydroxylation is 2. The van der Waals surface area contributed by atoms with E-state index in [2.05, 4.69) is 4.99 Å². The maximum Gasteiger partial charge on any atom is 0.341 e. The molecule has 0 N–H and O–H groups in total. The van der Waals surface area contributed by atoms with Gasteiger partial charge in [-0.1, -0.05) is 24.3 Å². The molecule has 1 atom stereocenters. The van der Waals surface area contributed by atoms with Gasteiger partial charge in [-0.3, -0.25) is 14.0 Å². The number of benzene rings is 1. The zero-order valence-corrected chi connectivity index (χ0v) is 21.1. The second-order valence-corrected chi connectivity index (χ2v) is 9.12. The molecule has 1 amide bonds. The van der Waals surface area contributed by atoms with E-state index in [0.717, 1.165) is 24.0 Å². The number of ether oxygens (including phenoxy) is 2. The van der Waals surface area contributed by atoms with Crippen molar-refractivity contribution >= 4 is 28.6 Å². The largest absolute Gasteiger partial charge is 0.462 e. The van der Waals surface area contributed by atoms with E-state index in [0.29, 0.717) is 23.5 Å². The van der Waals surface area contributed by atoms with Gasteiger partial charge in [0.05, 0.1) is 24.6 Å². The van der Waals surface area contributed by atoms with Gasteiger partial charge in [0.2, 0.25) is 0 Å². The number of carbonyl (C=O) groups is 2. The third-order valence-corrected chi connectivity index (χ3v) is 6.59. The van der Waals surface area contributed by atoms with Gasteiger partial charge in [-0.25, -0.2) is 9.78 Å². The molecule has 1 aliphatic rings. The van der Waals surface area contributed by atoms with E-state index < -0.39 is 11.9 Å². The Morgan fingerprint density at radius 2 is 1.89 bits per heavy atom. The number of amides is 1. The summed E-state index contributed by atoms with van der Waals surface area (Å²) in [6, 6.07) is 12.2. The van der Waals surface area contributed by atoms with Crippen LogP contribution >= 0.6 is 0 Å². The first kappa shape index (κ1) is 24.6. The molecule has 4 aromatic rings. The minimum Gasteiger partial charge on any atom is -0.462 e. The van der Waals surface area contributed by atoms with Gasteiger partial charge in [0, 0.05) is 18.4 Å². The molecule has 9 heteroatoms. The number of esters is 1. The smallest absolute Gasteiger partial charge is 0.341 e. The van der Waals surface area contributed by atoms with Crippen molar-refractivity contribution in [2.75, 3.05) is 13.2 Å². The van der Waals surface area contributed by atoms with Gasteiger partial charge >= 0.3 is 5.97 Å². The Morgan fingerprint density at radius 3 is 2.62 bits per heavy atom. The summed E-state index contributed by atoms with van der Waals surface area (Å²) in [7, 11) is 0. The maximum absolute atomic E-state index is 13.6. The highest BCUT2D eigenvalue weighted by Crippen LogP contribution is 2.18. The highest BCUT2D eigenvalue weighted by molar-refractivity contribution is 5.98. The molecule has 0 aliphatic carbocycles. The highest BCUT2D eigenvalue weighted by Gasteiger charge is 2.24. The van der Waals surface area contributed by atoms with Crippen molar-refractivity contribution in [3.8, 4) is 0 Å². The van der Waals surface area contributed by atoms with E-state index in [1.807, 2.05) is 32.0 Å². The number of rotatable bonds is 5. The quantitative estimate of drug-likeness (QED) is 0.307. The predicted molar refractivity (Wildman–Crippen MR) is 138 cm³/mol. The van der Waals surface area contributed by atoms with Crippen molar-refractivity contribution in [1.29, 1.82) is 0 Å². The summed E-state index contributed by atoms with van der Waals surface area (Å²) in [6.45, 7) is 6.42. The third kappa shape index (κ3) is 4.58. The van der Waals surface area contributed by atoms with Crippen molar-refractivity contribution in [2.45, 2.75) is 46.3 Å². The lowest BCUT2D eigenvalue weighted by Crippen LogP contribution is -2.35. The lowest BCUT2D eigenvalue weighted by molar-refractivity contribution is 0.0521. The van der Waals surface area contributed by atoms with Crippen molar-refractivity contribution < 1.29 is 19.1 Å². The van der Waals surface area contributed by atoms with E-state index in [4.69, 9.17) is 14.5 Å². The number of pyridine rings is 2. The van der Waals surface area contributed by atoms with Gasteiger partial charge in [0.15, 0.2) is 5.49 Å². The molecule has 1 fully saturated rings. The Labute approximate surface area is 213 Å². The molecule has 9 nitrogen and oxygen atoms in total. The van der Waals surface area contributed by atoms with Crippen LogP contribution in [0.5, 0.6) is 0 Å². The van der Waals surface area contributed by atoms with Crippen LogP contribution in [0.15, 0.2) is 58.4 Å². The normalized spacial score (nSPS) is 16.0. The molecule has 4 heterocycles. The van der Waals surface area contributed by atoms with Crippen LogP contribution in [0.25, 0.3) is 16.7 Å². The molecule has 190 valence electrons. The molecular weight excluding hydrogens is 472 g/mol. The second kappa shape index (κ2) is 10.1. The zero-order valence-electron chi connectivity index (χ0n) is 21.1. The minimum absolute atomic E-state index is 0.0285. The van der Waals surface area contributed by atoms with Crippen molar-refractivity contribution in [1.82, 2.24) is 14.0 Å². The lowest BCUT2D eigenvalue weighted by Gasteiger charge is -2.18. The van der Waals surface area contributed by atoms with Crippen LogP contribution < -0.4 is 11.0 Å². The van der Waals surface area contributed by atoms with E-state index in [1.54, 1.807) is 35.9 Å². The summed E-state index contributed by atoms with van der Waals surface area (Å²) in [4.78, 5) is 49.4. The van der Waals surface area contributed by atoms with Gasteiger partial charge in [0.1, 0.15) is 16.9 Å². The van der Waals surface area contributed by atoms with Crippen LogP contribution in [-0.2, 0) is 16.0 Å². The summed E-state index contributed by atoms with van der Waals surface area (Å²) < 4.78 is 14.3. The Balaban J connectivity index is 1.89. The standard InChI is InChI=1S/C28H28N4O5/c1-4-36-28(35)22-15-21-24(29-23-18(3)10-7-13-31(23)27(21)34)32(16-19-11-8-14-37-19)25(22)30-26(33)20-12-6-5-9-17(20)2/h5-7,9-10,12-13,15,19H,4,8,11,14,16H2,1-3H3/t19-/m0/s1. The van der Waals surface area contributed by atoms with Gasteiger partial charge in [-0.05, 0) is 62.9 Å². The summed E-state index contributed by atoms with van der Waals surface area (Å²) in [5.41, 5.74) is 2.61. The number of nitrogens with zero attached hydrogens (tertiary/aromatic N) is 4. The van der Waals surface area contributed by atoms with Crippen molar-refractivity contribution in [2.24, 2.45) is 4.99 Å². The summed E-state index contributed by atoms with van der Waals surface area (Å²) in [6.07, 6.45) is 3.17. The summed E-state index contributed by atoms with van der Waals surface area (Å²) >= 11 is 0. The molecule has 37 heavy (non-hydrogen) atoms. The number of carbonyl (C=O) groups excluding carboxylic acids is 2. The molecule has 0 bridgehead atoms. The molecule has 0 saturated carbocycles. The van der Waals surface area contributed by atoms with Gasteiger partial charge in [-0.15, -0.1) is 0 Å². The molecule has 0 radical (unpaired) electrons. The monoisotopic (exact) mass is 500 g/mol. The first-order chi connectivity index (χ1) is 17.9. The van der Waals surface area contributed by atoms with Crippen LogP contribution in [0, 0.1) is 13.8 Å². The zero-order chi connectivity index (χ0) is 26.1. The van der Waals surface area contributed by atoms with Crippen molar-refractivity contribution in [3.05, 3.63) is 86.8 Å². The summed E-state index contributed by atoms with van der Waals surface area (Å²) in [5.74, 6) is -1.17. The third-order valence-electron chi connectivity index (χ3n) is 6.59. The van der Waals surface area contributed by atoms with Crippen LogP contribution in [0.1, 0.15) is 51.6 Å². The second-order valence-electron chi connectivity index (χ2n) is 9.12. The molecule has 1 saturated heterocycles. The molecule has 3 aromatic heterocycles. The fraction of sp³-hybridized carbons (Fsp3) is 0.321. The first-order valence-electron chi connectivity index (χ1n) is 12.4. The van der Waals surface area contributed by atoms with Crippen LogP contribution in [0.3, 0.4) is 0 Å². The fourth-order valence-electron chi connectivity index (χ4n) is 4.70. The Morgan fingerprint density at radius 1 is 1.11 bits per heavy atom. The van der Waals surface area contributed by atoms with E-state index >= 15 is 0 Å². The van der Waals surface area contributed by atoms with Crippen LogP contribution in [-0.4, -0.2) is 45.1 Å². The summed E-state index contributed by atoms with van der Waals surface area (Å²) in [5, 5.41) is 0.228. The topological polar surface area (TPSA) is 104 Å². The van der Waals surface area contributed by atoms with Gasteiger partial charge in [0.25, 0.3) is 11.5 Å².